The van der Waals surface area contributed by atoms with E-state index < -0.39 is 0 Å². The van der Waals surface area contributed by atoms with Gasteiger partial charge in [0.2, 0.25) is 5.91 Å². The maximum Gasteiger partial charge on any atom is 0.228 e. The van der Waals surface area contributed by atoms with Crippen LogP contribution >= 0.6 is 0 Å². The summed E-state index contributed by atoms with van der Waals surface area (Å²) < 4.78 is 2.13. The predicted octanol–water partition coefficient (Wildman–Crippen LogP) is 2.70. The first-order valence-electron chi connectivity index (χ1n) is 7.02. The fourth-order valence-corrected chi connectivity index (χ4v) is 2.70. The molecule has 0 saturated heterocycles. The van der Waals surface area contributed by atoms with E-state index in [1.807, 2.05) is 25.3 Å². The van der Waals surface area contributed by atoms with E-state index in [1.54, 1.807) is 6.20 Å². The number of aromatic nitrogens is 2. The molecule has 1 aliphatic rings. The van der Waals surface area contributed by atoms with Gasteiger partial charge in [0.15, 0.2) is 0 Å². The summed E-state index contributed by atoms with van der Waals surface area (Å²) in [5, 5.41) is 3.07. The lowest BCUT2D eigenvalue weighted by Crippen LogP contribution is -2.30. The molecule has 104 valence electrons. The molecule has 0 aliphatic carbocycles. The number of nitrogens with one attached hydrogen (secondary N) is 1. The van der Waals surface area contributed by atoms with E-state index in [1.165, 1.54) is 5.56 Å². The molecule has 2 aromatic rings. The molecule has 4 heteroatoms. The van der Waals surface area contributed by atoms with Gasteiger partial charge in [-0.2, -0.15) is 0 Å². The minimum absolute atomic E-state index is 0.0183. The third-order valence-electron chi connectivity index (χ3n) is 4.18. The molecule has 1 N–H and O–H groups in total. The lowest BCUT2D eigenvalue weighted by atomic mass is 9.96. The van der Waals surface area contributed by atoms with Gasteiger partial charge in [-0.25, -0.2) is 4.98 Å². The van der Waals surface area contributed by atoms with Crippen LogP contribution in [0.2, 0.25) is 0 Å². The number of carbonyl (C=O) groups excluding carboxylic acids is 1. The SMILES string of the molecule is Cc1cccc(NC(=O)C2CCn3ccnc3C2)c1C. The highest BCUT2D eigenvalue weighted by Gasteiger charge is 2.25. The molecule has 0 saturated carbocycles. The van der Waals surface area contributed by atoms with Gasteiger partial charge in [0.25, 0.3) is 0 Å². The number of amides is 1. The second-order valence-corrected chi connectivity index (χ2v) is 5.46. The molecule has 0 bridgehead atoms. The molecule has 4 nitrogen and oxygen atoms in total. The number of carbonyl (C=O) groups is 1. The standard InChI is InChI=1S/C16H19N3O/c1-11-4-3-5-14(12(11)2)18-16(20)13-6-8-19-9-7-17-15(19)10-13/h3-5,7,9,13H,6,8,10H2,1-2H3,(H,18,20). The summed E-state index contributed by atoms with van der Waals surface area (Å²) in [4.78, 5) is 16.7. The Morgan fingerprint density at radius 3 is 3.10 bits per heavy atom. The van der Waals surface area contributed by atoms with Crippen molar-refractivity contribution in [2.75, 3.05) is 5.32 Å². The van der Waals surface area contributed by atoms with Crippen molar-refractivity contribution < 1.29 is 4.79 Å². The van der Waals surface area contributed by atoms with E-state index in [4.69, 9.17) is 0 Å². The predicted molar refractivity (Wildman–Crippen MR) is 78.6 cm³/mol. The van der Waals surface area contributed by atoms with Crippen molar-refractivity contribution in [1.29, 1.82) is 0 Å². The number of nitrogens with zero attached hydrogens (tertiary/aromatic N) is 2. The van der Waals surface area contributed by atoms with Gasteiger partial charge in [-0.1, -0.05) is 12.1 Å². The van der Waals surface area contributed by atoms with Crippen LogP contribution in [-0.4, -0.2) is 15.5 Å². The number of aryl methyl sites for hydroxylation is 2. The molecule has 1 aromatic carbocycles. The van der Waals surface area contributed by atoms with Crippen LogP contribution in [0.5, 0.6) is 0 Å². The zero-order valence-corrected chi connectivity index (χ0v) is 11.9. The zero-order chi connectivity index (χ0) is 14.1. The van der Waals surface area contributed by atoms with Crippen molar-refractivity contribution in [2.24, 2.45) is 5.92 Å². The van der Waals surface area contributed by atoms with E-state index in [-0.39, 0.29) is 11.8 Å². The molecule has 0 radical (unpaired) electrons. The smallest absolute Gasteiger partial charge is 0.228 e. The number of hydrogen-bond donors (Lipinski definition) is 1. The third-order valence-corrected chi connectivity index (χ3v) is 4.18. The van der Waals surface area contributed by atoms with E-state index >= 15 is 0 Å². The Kier molecular flexibility index (Phi) is 3.30. The van der Waals surface area contributed by atoms with Crippen molar-refractivity contribution in [1.82, 2.24) is 9.55 Å². The van der Waals surface area contributed by atoms with E-state index in [0.717, 1.165) is 36.5 Å². The normalized spacial score (nSPS) is 17.6. The van der Waals surface area contributed by atoms with Crippen LogP contribution < -0.4 is 5.32 Å². The molecule has 1 amide bonds. The first-order valence-corrected chi connectivity index (χ1v) is 7.02. The molecule has 0 spiro atoms. The first-order chi connectivity index (χ1) is 9.65. The zero-order valence-electron chi connectivity index (χ0n) is 11.9. The summed E-state index contributed by atoms with van der Waals surface area (Å²) >= 11 is 0. The van der Waals surface area contributed by atoms with Gasteiger partial charge in [0, 0.05) is 37.0 Å². The lowest BCUT2D eigenvalue weighted by molar-refractivity contribution is -0.120. The van der Waals surface area contributed by atoms with E-state index in [9.17, 15) is 4.79 Å². The summed E-state index contributed by atoms with van der Waals surface area (Å²) in [5.41, 5.74) is 3.25. The van der Waals surface area contributed by atoms with E-state index in [0.29, 0.717) is 0 Å². The van der Waals surface area contributed by atoms with Crippen molar-refractivity contribution in [2.45, 2.75) is 33.2 Å². The highest BCUT2D eigenvalue weighted by Crippen LogP contribution is 2.23. The average molecular weight is 269 g/mol. The van der Waals surface area contributed by atoms with Crippen molar-refractivity contribution in [3.8, 4) is 0 Å². The second kappa shape index (κ2) is 5.12. The number of hydrogen-bond acceptors (Lipinski definition) is 2. The number of imidazole rings is 1. The summed E-state index contributed by atoms with van der Waals surface area (Å²) in [5.74, 6) is 1.13. The Labute approximate surface area is 118 Å². The summed E-state index contributed by atoms with van der Waals surface area (Å²) in [6.45, 7) is 4.97. The van der Waals surface area contributed by atoms with Gasteiger partial charge < -0.3 is 9.88 Å². The molecule has 20 heavy (non-hydrogen) atoms. The lowest BCUT2D eigenvalue weighted by Gasteiger charge is -2.23. The summed E-state index contributed by atoms with van der Waals surface area (Å²) in [6.07, 6.45) is 5.39. The average Bonchev–Trinajstić information content (AvgIpc) is 2.91. The second-order valence-electron chi connectivity index (χ2n) is 5.46. The van der Waals surface area contributed by atoms with Crippen molar-refractivity contribution >= 4 is 11.6 Å². The van der Waals surface area contributed by atoms with Gasteiger partial charge in [0.05, 0.1) is 0 Å². The van der Waals surface area contributed by atoms with Crippen LogP contribution in [0.1, 0.15) is 23.4 Å². The van der Waals surface area contributed by atoms with Gasteiger partial charge >= 0.3 is 0 Å². The molecular formula is C16H19N3O. The van der Waals surface area contributed by atoms with Crippen LogP contribution in [0.4, 0.5) is 5.69 Å². The van der Waals surface area contributed by atoms with Crippen LogP contribution in [0, 0.1) is 19.8 Å². The highest BCUT2D eigenvalue weighted by molar-refractivity contribution is 5.93. The van der Waals surface area contributed by atoms with Gasteiger partial charge in [-0.15, -0.1) is 0 Å². The van der Waals surface area contributed by atoms with Gasteiger partial charge in [0.1, 0.15) is 5.82 Å². The number of anilines is 1. The topological polar surface area (TPSA) is 46.9 Å². The summed E-state index contributed by atoms with van der Waals surface area (Å²) in [7, 11) is 0. The van der Waals surface area contributed by atoms with Crippen LogP contribution in [-0.2, 0) is 17.8 Å². The van der Waals surface area contributed by atoms with Crippen LogP contribution in [0.3, 0.4) is 0 Å². The summed E-state index contributed by atoms with van der Waals surface area (Å²) in [6, 6.07) is 6.00. The van der Waals surface area contributed by atoms with Crippen molar-refractivity contribution in [3.05, 3.63) is 47.5 Å². The molecule has 1 atom stereocenters. The van der Waals surface area contributed by atoms with Crippen LogP contribution in [0.25, 0.3) is 0 Å². The fraction of sp³-hybridized carbons (Fsp3) is 0.375. The maximum atomic E-state index is 12.4. The molecule has 1 aliphatic heterocycles. The molecule has 0 fully saturated rings. The Bertz CT molecular complexity index is 645. The Hall–Kier alpha value is -2.10. The largest absolute Gasteiger partial charge is 0.335 e. The van der Waals surface area contributed by atoms with Gasteiger partial charge in [-0.3, -0.25) is 4.79 Å². The van der Waals surface area contributed by atoms with Crippen LogP contribution in [0.15, 0.2) is 30.6 Å². The molecule has 1 aromatic heterocycles. The fourth-order valence-electron chi connectivity index (χ4n) is 2.70. The molecule has 1 unspecified atom stereocenters. The van der Waals surface area contributed by atoms with E-state index in [2.05, 4.69) is 27.9 Å². The maximum absolute atomic E-state index is 12.4. The number of fused-ring (bicyclic) bond motifs is 1. The molecule has 3 rings (SSSR count). The number of rotatable bonds is 2. The number of benzene rings is 1. The minimum Gasteiger partial charge on any atom is -0.335 e. The Morgan fingerprint density at radius 2 is 2.25 bits per heavy atom. The third kappa shape index (κ3) is 2.33. The van der Waals surface area contributed by atoms with Crippen molar-refractivity contribution in [3.63, 3.8) is 0 Å². The first kappa shape index (κ1) is 12.9. The monoisotopic (exact) mass is 269 g/mol. The Balaban J connectivity index is 1.73. The quantitative estimate of drug-likeness (QED) is 0.911. The van der Waals surface area contributed by atoms with Gasteiger partial charge in [-0.05, 0) is 37.5 Å². The molecule has 2 heterocycles. The highest BCUT2D eigenvalue weighted by atomic mass is 16.1. The molecular weight excluding hydrogens is 250 g/mol. The Morgan fingerprint density at radius 1 is 1.40 bits per heavy atom. The minimum atomic E-state index is 0.0183.